The first-order valence-corrected chi connectivity index (χ1v) is 8.21. The van der Waals surface area contributed by atoms with Crippen LogP contribution in [-0.4, -0.2) is 19.0 Å². The van der Waals surface area contributed by atoms with Gasteiger partial charge in [0.1, 0.15) is 5.75 Å². The summed E-state index contributed by atoms with van der Waals surface area (Å²) in [6.07, 6.45) is 1.41. The van der Waals surface area contributed by atoms with Crippen LogP contribution in [0.15, 0.2) is 59.6 Å². The van der Waals surface area contributed by atoms with Crippen LogP contribution in [0.4, 0.5) is 8.78 Å². The lowest BCUT2D eigenvalue weighted by Gasteiger charge is -2.10. The summed E-state index contributed by atoms with van der Waals surface area (Å²) in [5, 5.41) is 0.658. The van der Waals surface area contributed by atoms with Crippen LogP contribution < -0.4 is 4.74 Å². The van der Waals surface area contributed by atoms with Gasteiger partial charge in [-0.05, 0) is 36.8 Å². The van der Waals surface area contributed by atoms with Gasteiger partial charge in [0.15, 0.2) is 0 Å². The Balaban J connectivity index is 2.21. The van der Waals surface area contributed by atoms with Gasteiger partial charge in [0.2, 0.25) is 0 Å². The van der Waals surface area contributed by atoms with Crippen molar-refractivity contribution in [2.75, 3.05) is 0 Å². The third kappa shape index (κ3) is 2.79. The maximum absolute atomic E-state index is 12.7. The van der Waals surface area contributed by atoms with E-state index in [9.17, 15) is 17.2 Å². The van der Waals surface area contributed by atoms with Gasteiger partial charge in [0.05, 0.1) is 10.4 Å². The van der Waals surface area contributed by atoms with Gasteiger partial charge in [0.25, 0.3) is 10.0 Å². The predicted molar refractivity (Wildman–Crippen MR) is 82.3 cm³/mol. The maximum atomic E-state index is 12.7. The van der Waals surface area contributed by atoms with Crippen molar-refractivity contribution < 1.29 is 21.9 Å². The Labute approximate surface area is 132 Å². The second kappa shape index (κ2) is 5.66. The predicted octanol–water partition coefficient (Wildman–Crippen LogP) is 3.79. The molecule has 0 saturated heterocycles. The molecule has 23 heavy (non-hydrogen) atoms. The summed E-state index contributed by atoms with van der Waals surface area (Å²) in [4.78, 5) is 0.121. The minimum atomic E-state index is -3.81. The second-order valence-corrected chi connectivity index (χ2v) is 6.80. The van der Waals surface area contributed by atoms with Crippen LogP contribution in [0.2, 0.25) is 0 Å². The van der Waals surface area contributed by atoms with Crippen LogP contribution in [0.3, 0.4) is 0 Å². The molecule has 120 valence electrons. The molecule has 0 atom stereocenters. The minimum Gasteiger partial charge on any atom is -0.435 e. The van der Waals surface area contributed by atoms with Crippen molar-refractivity contribution in [2.24, 2.45) is 0 Å². The number of hydrogen-bond donors (Lipinski definition) is 0. The highest BCUT2D eigenvalue weighted by Gasteiger charge is 2.20. The zero-order chi connectivity index (χ0) is 16.6. The summed E-state index contributed by atoms with van der Waals surface area (Å²) < 4.78 is 55.8. The molecule has 0 aliphatic carbocycles. The van der Waals surface area contributed by atoms with Gasteiger partial charge >= 0.3 is 6.61 Å². The molecule has 1 heterocycles. The van der Waals surface area contributed by atoms with Crippen molar-refractivity contribution in [3.05, 3.63) is 60.3 Å². The first-order chi connectivity index (χ1) is 10.9. The van der Waals surface area contributed by atoms with Crippen molar-refractivity contribution in [2.45, 2.75) is 18.4 Å². The number of ether oxygens (including phenoxy) is 1. The molecule has 0 radical (unpaired) electrons. The first-order valence-electron chi connectivity index (χ1n) is 6.77. The van der Waals surface area contributed by atoms with E-state index in [1.807, 2.05) is 0 Å². The average molecular weight is 337 g/mol. The summed E-state index contributed by atoms with van der Waals surface area (Å²) >= 11 is 0. The van der Waals surface area contributed by atoms with Crippen LogP contribution >= 0.6 is 0 Å². The van der Waals surface area contributed by atoms with Crippen LogP contribution in [0, 0.1) is 6.92 Å². The van der Waals surface area contributed by atoms with E-state index in [0.29, 0.717) is 16.5 Å². The molecule has 0 unspecified atom stereocenters. The van der Waals surface area contributed by atoms with Crippen molar-refractivity contribution in [3.63, 3.8) is 0 Å². The van der Waals surface area contributed by atoms with E-state index in [4.69, 9.17) is 0 Å². The average Bonchev–Trinajstić information content (AvgIpc) is 2.92. The largest absolute Gasteiger partial charge is 0.435 e. The molecule has 3 aromatic rings. The number of halogens is 2. The number of aryl methyl sites for hydroxylation is 1. The van der Waals surface area contributed by atoms with Gasteiger partial charge in [-0.15, -0.1) is 0 Å². The fourth-order valence-corrected chi connectivity index (χ4v) is 3.81. The standard InChI is InChI=1S/C16H13F2NO3S/c1-11-9-12(22-16(17)18)10-15-14(11)7-8-19(15)23(20,21)13-5-3-2-4-6-13/h2-10,16H,1H3. The van der Waals surface area contributed by atoms with Gasteiger partial charge in [-0.2, -0.15) is 8.78 Å². The van der Waals surface area contributed by atoms with Gasteiger partial charge in [-0.1, -0.05) is 18.2 Å². The quantitative estimate of drug-likeness (QED) is 0.728. The van der Waals surface area contributed by atoms with Crippen molar-refractivity contribution in [1.82, 2.24) is 3.97 Å². The van der Waals surface area contributed by atoms with Gasteiger partial charge in [0, 0.05) is 17.6 Å². The zero-order valence-electron chi connectivity index (χ0n) is 12.1. The van der Waals surface area contributed by atoms with E-state index in [-0.39, 0.29) is 10.6 Å². The normalized spacial score (nSPS) is 12.0. The Bertz CT molecular complexity index is 950. The summed E-state index contributed by atoms with van der Waals surface area (Å²) in [6.45, 7) is -1.26. The molecule has 0 N–H and O–H groups in total. The van der Waals surface area contributed by atoms with Crippen LogP contribution in [0.25, 0.3) is 10.9 Å². The molecule has 0 aliphatic heterocycles. The number of hydrogen-bond acceptors (Lipinski definition) is 3. The minimum absolute atomic E-state index is 0.0757. The van der Waals surface area contributed by atoms with Crippen molar-refractivity contribution >= 4 is 20.9 Å². The molecular formula is C16H13F2NO3S. The summed E-state index contributed by atoms with van der Waals surface area (Å²) in [7, 11) is -3.81. The highest BCUT2D eigenvalue weighted by molar-refractivity contribution is 7.90. The monoisotopic (exact) mass is 337 g/mol. The number of aromatic nitrogens is 1. The maximum Gasteiger partial charge on any atom is 0.387 e. The third-order valence-electron chi connectivity index (χ3n) is 3.48. The molecule has 0 spiro atoms. The van der Waals surface area contributed by atoms with Gasteiger partial charge in [-0.3, -0.25) is 0 Å². The number of benzene rings is 2. The molecule has 0 fully saturated rings. The van der Waals surface area contributed by atoms with E-state index < -0.39 is 16.6 Å². The number of rotatable bonds is 4. The number of alkyl halides is 2. The summed E-state index contributed by atoms with van der Waals surface area (Å²) in [6, 6.07) is 12.3. The first kappa shape index (κ1) is 15.5. The molecule has 1 aromatic heterocycles. The Morgan fingerprint density at radius 3 is 2.43 bits per heavy atom. The topological polar surface area (TPSA) is 48.3 Å². The smallest absolute Gasteiger partial charge is 0.387 e. The van der Waals surface area contributed by atoms with E-state index in [2.05, 4.69) is 4.74 Å². The Morgan fingerprint density at radius 2 is 1.78 bits per heavy atom. The number of fused-ring (bicyclic) bond motifs is 1. The Kier molecular flexibility index (Phi) is 3.81. The molecular weight excluding hydrogens is 324 g/mol. The molecule has 0 saturated carbocycles. The van der Waals surface area contributed by atoms with Gasteiger partial charge < -0.3 is 4.74 Å². The lowest BCUT2D eigenvalue weighted by molar-refractivity contribution is -0.0497. The van der Waals surface area contributed by atoms with Gasteiger partial charge in [-0.25, -0.2) is 12.4 Å². The number of nitrogens with zero attached hydrogens (tertiary/aromatic N) is 1. The second-order valence-electron chi connectivity index (χ2n) is 4.98. The van der Waals surface area contributed by atoms with Crippen LogP contribution in [0.5, 0.6) is 5.75 Å². The highest BCUT2D eigenvalue weighted by atomic mass is 32.2. The van der Waals surface area contributed by atoms with E-state index >= 15 is 0 Å². The van der Waals surface area contributed by atoms with E-state index in [1.165, 1.54) is 30.5 Å². The lowest BCUT2D eigenvalue weighted by Crippen LogP contribution is -2.12. The van der Waals surface area contributed by atoms with Crippen molar-refractivity contribution in [1.29, 1.82) is 0 Å². The van der Waals surface area contributed by atoms with Crippen LogP contribution in [-0.2, 0) is 10.0 Å². The Hall–Kier alpha value is -2.41. The molecule has 7 heteroatoms. The fourth-order valence-electron chi connectivity index (χ4n) is 2.46. The molecule has 4 nitrogen and oxygen atoms in total. The van der Waals surface area contributed by atoms with Crippen LogP contribution in [0.1, 0.15) is 5.56 Å². The Morgan fingerprint density at radius 1 is 1.09 bits per heavy atom. The summed E-state index contributed by atoms with van der Waals surface area (Å²) in [5.74, 6) is -0.0757. The lowest BCUT2D eigenvalue weighted by atomic mass is 10.1. The molecule has 0 amide bonds. The third-order valence-corrected chi connectivity index (χ3v) is 5.18. The molecule has 0 bridgehead atoms. The molecule has 2 aromatic carbocycles. The fraction of sp³-hybridized carbons (Fsp3) is 0.125. The zero-order valence-corrected chi connectivity index (χ0v) is 12.9. The van der Waals surface area contributed by atoms with E-state index in [0.717, 1.165) is 3.97 Å². The SMILES string of the molecule is Cc1cc(OC(F)F)cc2c1ccn2S(=O)(=O)c1ccccc1. The molecule has 0 aliphatic rings. The van der Waals surface area contributed by atoms with Crippen molar-refractivity contribution in [3.8, 4) is 5.75 Å². The summed E-state index contributed by atoms with van der Waals surface area (Å²) in [5.41, 5.74) is 0.949. The van der Waals surface area contributed by atoms with E-state index in [1.54, 1.807) is 31.2 Å². The molecule has 3 rings (SSSR count). The highest BCUT2D eigenvalue weighted by Crippen LogP contribution is 2.29.